The zero-order chi connectivity index (χ0) is 33.8. The van der Waals surface area contributed by atoms with Crippen LogP contribution in [0.5, 0.6) is 11.5 Å². The summed E-state index contributed by atoms with van der Waals surface area (Å²) in [5.74, 6) is 0.602. The van der Waals surface area contributed by atoms with Crippen LogP contribution in [0.4, 0.5) is 5.69 Å². The minimum Gasteiger partial charge on any atom is -0.456 e. The summed E-state index contributed by atoms with van der Waals surface area (Å²) in [7, 11) is -0.286. The topological polar surface area (TPSA) is 89.2 Å². The van der Waals surface area contributed by atoms with E-state index in [0.29, 0.717) is 17.1 Å². The lowest BCUT2D eigenvalue weighted by Gasteiger charge is -2.39. The van der Waals surface area contributed by atoms with Gasteiger partial charge in [-0.05, 0) is 103 Å². The average molecular weight is 643 g/mol. The summed E-state index contributed by atoms with van der Waals surface area (Å²) in [6.45, 7) is 23.4. The molecule has 3 aromatic rings. The van der Waals surface area contributed by atoms with E-state index >= 15 is 0 Å². The number of nitrogens with one attached hydrogen (secondary N) is 1. The Morgan fingerprint density at radius 3 is 2.38 bits per heavy atom. The Hall–Kier alpha value is -3.34. The summed E-state index contributed by atoms with van der Waals surface area (Å²) in [5, 5.41) is 0.937. The molecule has 0 atom stereocenters. The first kappa shape index (κ1) is 33.6. The van der Waals surface area contributed by atoms with E-state index in [-0.39, 0.29) is 23.7 Å². The normalized spacial score (nSPS) is 21.4. The molecule has 2 aliphatic heterocycles. The molecule has 1 aliphatic carbocycles. The summed E-state index contributed by atoms with van der Waals surface area (Å²) in [6.07, 6.45) is 6.76. The minimum atomic E-state index is -0.624. The molecule has 3 aliphatic rings. The van der Waals surface area contributed by atoms with Crippen molar-refractivity contribution in [3.8, 4) is 11.5 Å². The van der Waals surface area contributed by atoms with Gasteiger partial charge in [0.2, 0.25) is 0 Å². The van der Waals surface area contributed by atoms with Gasteiger partial charge in [-0.1, -0.05) is 19.4 Å². The molecular formula is C37H51BN4O5. The second-order valence-electron chi connectivity index (χ2n) is 16.2. The monoisotopic (exact) mass is 642 g/mol. The molecule has 1 N–H and O–H groups in total. The molecule has 0 spiro atoms. The average Bonchev–Trinajstić information content (AvgIpc) is 3.53. The summed E-state index contributed by atoms with van der Waals surface area (Å²) in [5.41, 5.74) is 3.91. The molecule has 6 rings (SSSR count). The lowest BCUT2D eigenvalue weighted by Crippen LogP contribution is -2.47. The van der Waals surface area contributed by atoms with Crippen molar-refractivity contribution in [2.75, 3.05) is 37.6 Å². The third-order valence-corrected chi connectivity index (χ3v) is 10.1. The highest BCUT2D eigenvalue weighted by molar-refractivity contribution is 6.55. The number of rotatable bonds is 7. The highest BCUT2D eigenvalue weighted by atomic mass is 16.7. The van der Waals surface area contributed by atoms with E-state index in [1.54, 1.807) is 6.20 Å². The molecule has 1 aromatic carbocycles. The van der Waals surface area contributed by atoms with Crippen LogP contribution in [0, 0.1) is 5.41 Å². The summed E-state index contributed by atoms with van der Waals surface area (Å²) in [6, 6.07) is 9.64. The van der Waals surface area contributed by atoms with Crippen LogP contribution < -0.4 is 9.64 Å². The molecule has 2 fully saturated rings. The third kappa shape index (κ3) is 7.40. The van der Waals surface area contributed by atoms with Gasteiger partial charge in [-0.15, -0.1) is 0 Å². The van der Waals surface area contributed by atoms with E-state index in [0.717, 1.165) is 62.3 Å². The van der Waals surface area contributed by atoms with E-state index in [4.69, 9.17) is 18.8 Å². The smallest absolute Gasteiger partial charge is 0.456 e. The van der Waals surface area contributed by atoms with Crippen LogP contribution >= 0.6 is 0 Å². The quantitative estimate of drug-likeness (QED) is 0.209. The Bertz CT molecular complexity index is 1650. The molecule has 0 amide bonds. The van der Waals surface area contributed by atoms with Crippen molar-refractivity contribution in [1.82, 2.24) is 14.9 Å². The predicted molar refractivity (Wildman–Crippen MR) is 187 cm³/mol. The summed E-state index contributed by atoms with van der Waals surface area (Å²) in [4.78, 5) is 25.7. The number of piperazine rings is 1. The molecule has 2 aromatic heterocycles. The van der Waals surface area contributed by atoms with E-state index in [2.05, 4.69) is 61.3 Å². The number of allylic oxidation sites excluding steroid dienone is 1. The van der Waals surface area contributed by atoms with Crippen LogP contribution in [0.3, 0.4) is 0 Å². The van der Waals surface area contributed by atoms with E-state index in [1.165, 1.54) is 17.5 Å². The summed E-state index contributed by atoms with van der Waals surface area (Å²) >= 11 is 0. The second kappa shape index (κ2) is 12.3. The number of benzene rings is 1. The fourth-order valence-electron chi connectivity index (χ4n) is 6.63. The largest absolute Gasteiger partial charge is 0.490 e. The lowest BCUT2D eigenvalue weighted by molar-refractivity contribution is 0.00578. The van der Waals surface area contributed by atoms with Crippen LogP contribution in [0.15, 0.2) is 53.8 Å². The van der Waals surface area contributed by atoms with Gasteiger partial charge in [0.1, 0.15) is 28.3 Å². The molecule has 47 heavy (non-hydrogen) atoms. The maximum Gasteiger partial charge on any atom is 0.490 e. The number of aromatic nitrogens is 2. The predicted octanol–water partition coefficient (Wildman–Crippen LogP) is 7.57. The first-order chi connectivity index (χ1) is 22.0. The van der Waals surface area contributed by atoms with Crippen LogP contribution in [0.1, 0.15) is 91.9 Å². The molecule has 0 saturated carbocycles. The van der Waals surface area contributed by atoms with Crippen molar-refractivity contribution >= 4 is 29.8 Å². The number of aromatic amines is 1. The highest BCUT2D eigenvalue weighted by Crippen LogP contribution is 2.45. The fourth-order valence-corrected chi connectivity index (χ4v) is 6.63. The van der Waals surface area contributed by atoms with Crippen molar-refractivity contribution in [3.05, 3.63) is 59.3 Å². The van der Waals surface area contributed by atoms with Gasteiger partial charge >= 0.3 is 13.1 Å². The second-order valence-corrected chi connectivity index (χ2v) is 16.2. The minimum absolute atomic E-state index is 0.232. The first-order valence-corrected chi connectivity index (χ1v) is 17.0. The molecule has 0 radical (unpaired) electrons. The molecule has 252 valence electrons. The van der Waals surface area contributed by atoms with Crippen molar-refractivity contribution in [2.24, 2.45) is 5.41 Å². The number of anilines is 1. The molecule has 9 nitrogen and oxygen atoms in total. The fraction of sp³-hybridized carbons (Fsp3) is 0.568. The van der Waals surface area contributed by atoms with Gasteiger partial charge in [0.25, 0.3) is 0 Å². The first-order valence-electron chi connectivity index (χ1n) is 17.0. The number of esters is 1. The Morgan fingerprint density at radius 2 is 1.70 bits per heavy atom. The van der Waals surface area contributed by atoms with Gasteiger partial charge in [0.05, 0.1) is 17.4 Å². The van der Waals surface area contributed by atoms with Crippen LogP contribution in [-0.2, 0) is 14.0 Å². The number of hydrogen-bond acceptors (Lipinski definition) is 8. The highest BCUT2D eigenvalue weighted by Gasteiger charge is 2.53. The van der Waals surface area contributed by atoms with Crippen LogP contribution in [0.2, 0.25) is 0 Å². The van der Waals surface area contributed by atoms with Gasteiger partial charge in [0.15, 0.2) is 0 Å². The number of pyridine rings is 1. The number of fused-ring (bicyclic) bond motifs is 1. The van der Waals surface area contributed by atoms with Crippen LogP contribution in [-0.4, -0.2) is 77.5 Å². The molecular weight excluding hydrogens is 591 g/mol. The van der Waals surface area contributed by atoms with Crippen molar-refractivity contribution in [3.63, 3.8) is 0 Å². The molecule has 0 bridgehead atoms. The lowest BCUT2D eigenvalue weighted by atomic mass is 9.62. The Morgan fingerprint density at radius 1 is 1.00 bits per heavy atom. The van der Waals surface area contributed by atoms with Crippen molar-refractivity contribution in [2.45, 2.75) is 98.4 Å². The van der Waals surface area contributed by atoms with Gasteiger partial charge in [-0.3, -0.25) is 4.90 Å². The maximum atomic E-state index is 13.2. The van der Waals surface area contributed by atoms with E-state index in [1.807, 2.05) is 57.3 Å². The number of ether oxygens (including phenoxy) is 2. The van der Waals surface area contributed by atoms with Crippen molar-refractivity contribution in [1.29, 1.82) is 0 Å². The maximum absolute atomic E-state index is 13.2. The standard InChI is InChI=1S/C37H51BN4O5/c1-34(2,3)45-33(43)29-11-10-27(21-31(29)44-28-20-25-13-15-39-32(25)40-23-28)42-18-16-41(17-19-42)24-26-12-14-35(4,5)22-30(26)38-46-36(6,7)37(8,9)47-38/h10-11,13,15,20-21,23H,12,14,16-19,22,24H2,1-9H3,(H,39,40). The van der Waals surface area contributed by atoms with E-state index in [9.17, 15) is 4.79 Å². The number of hydrogen-bond donors (Lipinski definition) is 1. The summed E-state index contributed by atoms with van der Waals surface area (Å²) < 4.78 is 25.2. The molecule has 0 unspecified atom stereocenters. The number of carbonyl (C=O) groups excluding carboxylic acids is 1. The molecule has 10 heteroatoms. The number of carbonyl (C=O) groups is 1. The number of nitrogens with zero attached hydrogens (tertiary/aromatic N) is 3. The zero-order valence-corrected chi connectivity index (χ0v) is 29.7. The van der Waals surface area contributed by atoms with Gasteiger partial charge in [-0.2, -0.15) is 0 Å². The Balaban J connectivity index is 1.18. The molecule has 2 saturated heterocycles. The zero-order valence-electron chi connectivity index (χ0n) is 29.7. The Labute approximate surface area is 280 Å². The number of H-pyrrole nitrogens is 1. The van der Waals surface area contributed by atoms with Gasteiger partial charge in [-0.25, -0.2) is 9.78 Å². The Kier molecular flexibility index (Phi) is 8.77. The van der Waals surface area contributed by atoms with Crippen LogP contribution in [0.25, 0.3) is 11.0 Å². The third-order valence-electron chi connectivity index (χ3n) is 10.1. The van der Waals surface area contributed by atoms with Crippen molar-refractivity contribution < 1.29 is 23.6 Å². The van der Waals surface area contributed by atoms with Gasteiger partial charge < -0.3 is 28.7 Å². The van der Waals surface area contributed by atoms with Gasteiger partial charge in [0, 0.05) is 56.1 Å². The van der Waals surface area contributed by atoms with E-state index < -0.39 is 11.6 Å². The molecule has 4 heterocycles. The SMILES string of the molecule is CC1(C)CCC(CN2CCN(c3ccc(C(=O)OC(C)(C)C)c(Oc4cnc5[nH]ccc5c4)c3)CC2)=C(B2OC(C)(C)C(C)(C)O2)C1.